The van der Waals surface area contributed by atoms with Crippen molar-refractivity contribution >= 4 is 22.7 Å². The summed E-state index contributed by atoms with van der Waals surface area (Å²) in [5.41, 5.74) is 4.37. The second-order valence-corrected chi connectivity index (χ2v) is 8.82. The molecule has 29 heavy (non-hydrogen) atoms. The van der Waals surface area contributed by atoms with Crippen molar-refractivity contribution in [3.8, 4) is 0 Å². The fraction of sp³-hybridized carbons (Fsp3) is 0.333. The van der Waals surface area contributed by atoms with Gasteiger partial charge in [-0.05, 0) is 22.8 Å². The van der Waals surface area contributed by atoms with Crippen LogP contribution in [-0.4, -0.2) is 46.2 Å². The van der Waals surface area contributed by atoms with E-state index < -0.39 is 0 Å². The molecule has 0 aliphatic carbocycles. The predicted molar refractivity (Wildman–Crippen MR) is 113 cm³/mol. The third-order valence-corrected chi connectivity index (χ3v) is 6.40. The number of hydrogen-bond donors (Lipinski definition) is 1. The summed E-state index contributed by atoms with van der Waals surface area (Å²) in [7, 11) is 0. The summed E-state index contributed by atoms with van der Waals surface area (Å²) in [6.45, 7) is 5.78. The molecule has 1 fully saturated rings. The Morgan fingerprint density at radius 3 is 2.76 bits per heavy atom. The zero-order chi connectivity index (χ0) is 20.2. The highest BCUT2D eigenvalue weighted by Crippen LogP contribution is 2.41. The molecule has 0 saturated carbocycles. The van der Waals surface area contributed by atoms with Crippen molar-refractivity contribution in [2.75, 3.05) is 19.6 Å². The van der Waals surface area contributed by atoms with E-state index in [2.05, 4.69) is 37.0 Å². The quantitative estimate of drug-likeness (QED) is 0.733. The monoisotopic (exact) mass is 387 g/mol. The number of H-pyrrole nitrogens is 1. The summed E-state index contributed by atoms with van der Waals surface area (Å²) < 4.78 is 0. The lowest BCUT2D eigenvalue weighted by atomic mass is 9.75. The van der Waals surface area contributed by atoms with Gasteiger partial charge in [-0.1, -0.05) is 56.3 Å². The van der Waals surface area contributed by atoms with Gasteiger partial charge in [0.2, 0.25) is 11.8 Å². The lowest BCUT2D eigenvalue weighted by molar-refractivity contribution is -0.150. The maximum Gasteiger partial charge on any atom is 0.242 e. The molecule has 2 aromatic carbocycles. The number of rotatable bonds is 2. The van der Waals surface area contributed by atoms with E-state index in [1.165, 1.54) is 11.1 Å². The molecule has 0 spiro atoms. The van der Waals surface area contributed by atoms with Gasteiger partial charge >= 0.3 is 0 Å². The van der Waals surface area contributed by atoms with Crippen LogP contribution in [0.15, 0.2) is 54.7 Å². The molecule has 2 aliphatic rings. The molecule has 5 nitrogen and oxygen atoms in total. The first kappa shape index (κ1) is 18.0. The minimum Gasteiger partial charge on any atom is -0.361 e. The number of piperazine rings is 1. The first-order valence-electron chi connectivity index (χ1n) is 10.2. The standard InChI is InChI=1S/C24H25N3O2/c1-24(2)15-27-21(18-8-3-5-9-19(18)24)13-26(14-23(27)29)22(28)11-16-12-25-20-10-6-4-7-17(16)20/h3-10,12,21,25H,11,13-15H2,1-2H3. The number of benzene rings is 2. The topological polar surface area (TPSA) is 56.4 Å². The molecular weight excluding hydrogens is 362 g/mol. The Labute approximate surface area is 170 Å². The second-order valence-electron chi connectivity index (χ2n) is 8.82. The average Bonchev–Trinajstić information content (AvgIpc) is 3.12. The third kappa shape index (κ3) is 2.92. The van der Waals surface area contributed by atoms with E-state index in [0.717, 1.165) is 16.5 Å². The van der Waals surface area contributed by atoms with Gasteiger partial charge in [-0.25, -0.2) is 0 Å². The Kier molecular flexibility index (Phi) is 4.02. The third-order valence-electron chi connectivity index (χ3n) is 6.40. The second kappa shape index (κ2) is 6.48. The molecule has 0 bridgehead atoms. The highest BCUT2D eigenvalue weighted by atomic mass is 16.2. The molecule has 148 valence electrons. The lowest BCUT2D eigenvalue weighted by Crippen LogP contribution is -2.58. The number of para-hydroxylation sites is 1. The molecule has 1 aromatic heterocycles. The van der Waals surface area contributed by atoms with Crippen LogP contribution < -0.4 is 0 Å². The van der Waals surface area contributed by atoms with Gasteiger partial charge < -0.3 is 14.8 Å². The molecule has 0 radical (unpaired) electrons. The van der Waals surface area contributed by atoms with Gasteiger partial charge in [-0.3, -0.25) is 9.59 Å². The van der Waals surface area contributed by atoms with E-state index in [-0.39, 0.29) is 29.8 Å². The SMILES string of the molecule is CC1(C)CN2C(=O)CN(C(=O)Cc3c[nH]c4ccccc34)CC2c2ccccc21. The molecule has 5 heteroatoms. The first-order valence-corrected chi connectivity index (χ1v) is 10.2. The molecule has 2 amide bonds. The van der Waals surface area contributed by atoms with Crippen LogP contribution in [0.5, 0.6) is 0 Å². The van der Waals surface area contributed by atoms with Crippen LogP contribution in [0.4, 0.5) is 0 Å². The summed E-state index contributed by atoms with van der Waals surface area (Å²) in [6.07, 6.45) is 2.20. The molecule has 5 rings (SSSR count). The summed E-state index contributed by atoms with van der Waals surface area (Å²) in [5.74, 6) is 0.0428. The van der Waals surface area contributed by atoms with E-state index in [4.69, 9.17) is 0 Å². The van der Waals surface area contributed by atoms with Gasteiger partial charge in [-0.2, -0.15) is 0 Å². The number of aromatic nitrogens is 1. The van der Waals surface area contributed by atoms with Crippen LogP contribution >= 0.6 is 0 Å². The lowest BCUT2D eigenvalue weighted by Gasteiger charge is -2.49. The Morgan fingerprint density at radius 1 is 1.14 bits per heavy atom. The molecule has 3 heterocycles. The molecule has 1 unspecified atom stereocenters. The summed E-state index contributed by atoms with van der Waals surface area (Å²) in [6, 6.07) is 16.3. The number of fused-ring (bicyclic) bond motifs is 4. The Bertz CT molecular complexity index is 1110. The van der Waals surface area contributed by atoms with E-state index >= 15 is 0 Å². The molecule has 1 atom stereocenters. The van der Waals surface area contributed by atoms with Crippen LogP contribution in [0.25, 0.3) is 10.9 Å². The molecule has 1 saturated heterocycles. The van der Waals surface area contributed by atoms with Gasteiger partial charge in [0.15, 0.2) is 0 Å². The highest BCUT2D eigenvalue weighted by Gasteiger charge is 2.44. The van der Waals surface area contributed by atoms with Gasteiger partial charge in [0, 0.05) is 35.6 Å². The van der Waals surface area contributed by atoms with Crippen LogP contribution in [-0.2, 0) is 21.4 Å². The van der Waals surface area contributed by atoms with Crippen LogP contribution in [0.1, 0.15) is 36.6 Å². The number of nitrogens with zero attached hydrogens (tertiary/aromatic N) is 2. The van der Waals surface area contributed by atoms with Gasteiger partial charge in [-0.15, -0.1) is 0 Å². The van der Waals surface area contributed by atoms with Crippen molar-refractivity contribution < 1.29 is 9.59 Å². The summed E-state index contributed by atoms with van der Waals surface area (Å²) in [4.78, 5) is 33.0. The van der Waals surface area contributed by atoms with Crippen molar-refractivity contribution in [1.82, 2.24) is 14.8 Å². The van der Waals surface area contributed by atoms with Crippen LogP contribution in [0.2, 0.25) is 0 Å². The predicted octanol–water partition coefficient (Wildman–Crippen LogP) is 3.41. The van der Waals surface area contributed by atoms with Crippen LogP contribution in [0, 0.1) is 0 Å². The Hall–Kier alpha value is -3.08. The maximum atomic E-state index is 13.1. The normalized spacial score (nSPS) is 20.5. The smallest absolute Gasteiger partial charge is 0.242 e. The Balaban J connectivity index is 1.42. The maximum absolute atomic E-state index is 13.1. The van der Waals surface area contributed by atoms with E-state index in [0.29, 0.717) is 19.5 Å². The van der Waals surface area contributed by atoms with Crippen LogP contribution in [0.3, 0.4) is 0 Å². The summed E-state index contributed by atoms with van der Waals surface area (Å²) in [5, 5.41) is 1.07. The largest absolute Gasteiger partial charge is 0.361 e. The van der Waals surface area contributed by atoms with E-state index in [1.54, 1.807) is 4.90 Å². The molecule has 3 aromatic rings. The van der Waals surface area contributed by atoms with Gasteiger partial charge in [0.1, 0.15) is 0 Å². The summed E-state index contributed by atoms with van der Waals surface area (Å²) >= 11 is 0. The van der Waals surface area contributed by atoms with Gasteiger partial charge in [0.05, 0.1) is 19.0 Å². The van der Waals surface area contributed by atoms with Crippen molar-refractivity contribution in [1.29, 1.82) is 0 Å². The zero-order valence-corrected chi connectivity index (χ0v) is 16.8. The highest BCUT2D eigenvalue weighted by molar-refractivity contribution is 5.91. The number of carbonyl (C=O) groups is 2. The van der Waals surface area contributed by atoms with E-state index in [1.807, 2.05) is 41.4 Å². The van der Waals surface area contributed by atoms with E-state index in [9.17, 15) is 9.59 Å². The average molecular weight is 387 g/mol. The molecule has 1 N–H and O–H groups in total. The minimum absolute atomic E-state index is 0.00469. The zero-order valence-electron chi connectivity index (χ0n) is 16.8. The number of aromatic amines is 1. The van der Waals surface area contributed by atoms with Crippen molar-refractivity contribution in [2.24, 2.45) is 0 Å². The number of nitrogens with one attached hydrogen (secondary N) is 1. The first-order chi connectivity index (χ1) is 13.9. The van der Waals surface area contributed by atoms with Crippen molar-refractivity contribution in [2.45, 2.75) is 31.7 Å². The van der Waals surface area contributed by atoms with Crippen molar-refractivity contribution in [3.63, 3.8) is 0 Å². The fourth-order valence-electron chi connectivity index (χ4n) is 4.92. The van der Waals surface area contributed by atoms with Crippen molar-refractivity contribution in [3.05, 3.63) is 71.4 Å². The van der Waals surface area contributed by atoms with Gasteiger partial charge in [0.25, 0.3) is 0 Å². The number of amides is 2. The molecular formula is C24H25N3O2. The minimum atomic E-state index is -0.0844. The fourth-order valence-corrected chi connectivity index (χ4v) is 4.92. The number of hydrogen-bond acceptors (Lipinski definition) is 2. The Morgan fingerprint density at radius 2 is 1.90 bits per heavy atom. The molecule has 2 aliphatic heterocycles. The number of carbonyl (C=O) groups excluding carboxylic acids is 2.